The summed E-state index contributed by atoms with van der Waals surface area (Å²) in [5.74, 6) is 2.21. The molecule has 11 rings (SSSR count). The summed E-state index contributed by atoms with van der Waals surface area (Å²) in [4.78, 5) is 35.5. The molecule has 0 bridgehead atoms. The lowest BCUT2D eigenvalue weighted by Gasteiger charge is -2.21. The molecule has 1 aliphatic rings. The number of rotatable bonds is 12. The number of aromatic amines is 4. The molecule has 13 nitrogen and oxygen atoms in total. The number of H-pyrrole nitrogens is 4. The van der Waals surface area contributed by atoms with E-state index in [0.29, 0.717) is 5.82 Å². The molecule has 10 heterocycles. The summed E-state index contributed by atoms with van der Waals surface area (Å²) in [5.41, 5.74) is 14.2. The Kier molecular flexibility index (Phi) is 14.7. The van der Waals surface area contributed by atoms with Crippen LogP contribution in [0.4, 0.5) is 0 Å². The van der Waals surface area contributed by atoms with Crippen molar-refractivity contribution in [3.63, 3.8) is 0 Å². The number of allylic oxidation sites excluding steroid dienone is 4. The largest absolute Gasteiger partial charge is 0.340 e. The number of aryl methyl sites for hydroxylation is 5. The highest BCUT2D eigenvalue weighted by Crippen LogP contribution is 2.36. The van der Waals surface area contributed by atoms with Crippen LogP contribution >= 0.6 is 22.7 Å². The minimum absolute atomic E-state index is 0.713. The molecular weight excluding hydrogens is 919 g/mol. The van der Waals surface area contributed by atoms with Crippen molar-refractivity contribution >= 4 is 55.6 Å². The average Bonchev–Trinajstić information content (AvgIpc) is 4.27. The van der Waals surface area contributed by atoms with Crippen LogP contribution in [-0.2, 0) is 13.5 Å². The van der Waals surface area contributed by atoms with E-state index in [1.165, 1.54) is 52.3 Å². The summed E-state index contributed by atoms with van der Waals surface area (Å²) in [5, 5.41) is 21.5. The molecule has 0 unspecified atom stereocenters. The molecule has 360 valence electrons. The van der Waals surface area contributed by atoms with Gasteiger partial charge in [0, 0.05) is 89.6 Å². The van der Waals surface area contributed by atoms with Crippen LogP contribution in [0.3, 0.4) is 0 Å². The van der Waals surface area contributed by atoms with Gasteiger partial charge in [-0.15, -0.1) is 22.7 Å². The molecule has 0 aliphatic heterocycles. The van der Waals surface area contributed by atoms with Gasteiger partial charge in [-0.1, -0.05) is 83.4 Å². The van der Waals surface area contributed by atoms with Gasteiger partial charge in [0.15, 0.2) is 11.6 Å². The van der Waals surface area contributed by atoms with Crippen LogP contribution in [0.5, 0.6) is 0 Å². The van der Waals surface area contributed by atoms with E-state index < -0.39 is 0 Å². The fourth-order valence-electron chi connectivity index (χ4n) is 9.15. The fraction of sp³-hybridized carbons (Fsp3) is 0.250. The maximum Gasteiger partial charge on any atom is 0.159 e. The van der Waals surface area contributed by atoms with Gasteiger partial charge in [-0.05, 0) is 88.1 Å². The highest BCUT2D eigenvalue weighted by molar-refractivity contribution is 7.13. The first kappa shape index (κ1) is 48.4. The molecular formula is C56H59N13S2. The average molecular weight is 978 g/mol. The zero-order valence-corrected chi connectivity index (χ0v) is 43.0. The monoisotopic (exact) mass is 977 g/mol. The van der Waals surface area contributed by atoms with Gasteiger partial charge in [0.1, 0.15) is 11.4 Å². The Morgan fingerprint density at radius 2 is 1.21 bits per heavy atom. The third kappa shape index (κ3) is 10.5. The van der Waals surface area contributed by atoms with Gasteiger partial charge in [-0.3, -0.25) is 29.8 Å². The maximum atomic E-state index is 5.01. The lowest BCUT2D eigenvalue weighted by atomic mass is 9.85. The third-order valence-electron chi connectivity index (χ3n) is 12.5. The molecule has 0 saturated heterocycles. The Morgan fingerprint density at radius 3 is 1.69 bits per heavy atom. The highest BCUT2D eigenvalue weighted by Gasteiger charge is 2.22. The van der Waals surface area contributed by atoms with E-state index >= 15 is 0 Å². The third-order valence-corrected chi connectivity index (χ3v) is 14.6. The van der Waals surface area contributed by atoms with Crippen LogP contribution < -0.4 is 0 Å². The van der Waals surface area contributed by atoms with E-state index in [-0.39, 0.29) is 0 Å². The second kappa shape index (κ2) is 21.6. The second-order valence-corrected chi connectivity index (χ2v) is 20.2. The van der Waals surface area contributed by atoms with Gasteiger partial charge < -0.3 is 9.97 Å². The summed E-state index contributed by atoms with van der Waals surface area (Å²) in [6.07, 6.45) is 26.8. The molecule has 0 aromatic carbocycles. The van der Waals surface area contributed by atoms with Gasteiger partial charge in [0.05, 0.1) is 52.4 Å². The van der Waals surface area contributed by atoms with Crippen molar-refractivity contribution < 1.29 is 0 Å². The number of nitrogens with zero attached hydrogens (tertiary/aromatic N) is 9. The fourth-order valence-corrected chi connectivity index (χ4v) is 10.9. The number of aromatic nitrogens is 13. The maximum absolute atomic E-state index is 5.01. The van der Waals surface area contributed by atoms with Crippen molar-refractivity contribution in [3.8, 4) is 45.6 Å². The Balaban J connectivity index is 0.000000173. The Bertz CT molecular complexity index is 3540. The summed E-state index contributed by atoms with van der Waals surface area (Å²) < 4.78 is 1.76. The smallest absolute Gasteiger partial charge is 0.159 e. The van der Waals surface area contributed by atoms with E-state index in [0.717, 1.165) is 113 Å². The Hall–Kier alpha value is -7.62. The number of nitrogens with one attached hydrogen (secondary N) is 4. The van der Waals surface area contributed by atoms with Gasteiger partial charge in [-0.2, -0.15) is 15.3 Å². The van der Waals surface area contributed by atoms with Crippen LogP contribution in [0.1, 0.15) is 93.8 Å². The van der Waals surface area contributed by atoms with E-state index in [2.05, 4.69) is 116 Å². The first-order chi connectivity index (χ1) is 34.6. The summed E-state index contributed by atoms with van der Waals surface area (Å²) >= 11 is 3.50. The number of thiophene rings is 2. The van der Waals surface area contributed by atoms with Crippen LogP contribution in [0.15, 0.2) is 117 Å². The van der Waals surface area contributed by atoms with Crippen LogP contribution in [0.25, 0.3) is 78.5 Å². The molecule has 10 aromatic heterocycles. The van der Waals surface area contributed by atoms with Crippen molar-refractivity contribution in [1.29, 1.82) is 0 Å². The normalized spacial score (nSPS) is 13.3. The second-order valence-electron chi connectivity index (χ2n) is 17.6. The minimum atomic E-state index is 0.713. The Morgan fingerprint density at radius 1 is 0.676 bits per heavy atom. The molecule has 0 amide bonds. The first-order valence-electron chi connectivity index (χ1n) is 24.2. The molecule has 4 N–H and O–H groups in total. The van der Waals surface area contributed by atoms with Gasteiger partial charge in [0.25, 0.3) is 0 Å². The van der Waals surface area contributed by atoms with E-state index in [1.807, 2.05) is 76.9 Å². The number of hydrogen-bond donors (Lipinski definition) is 4. The predicted molar refractivity (Wildman–Crippen MR) is 292 cm³/mol. The predicted octanol–water partition coefficient (Wildman–Crippen LogP) is 13.9. The molecule has 1 fully saturated rings. The van der Waals surface area contributed by atoms with Crippen molar-refractivity contribution in [2.45, 2.75) is 80.1 Å². The van der Waals surface area contributed by atoms with Gasteiger partial charge in [0.2, 0.25) is 0 Å². The summed E-state index contributed by atoms with van der Waals surface area (Å²) in [6.45, 7) is 20.1. The zero-order chi connectivity index (χ0) is 49.6. The lowest BCUT2D eigenvalue weighted by molar-refractivity contribution is 0.356. The first-order valence-corrected chi connectivity index (χ1v) is 25.8. The quantitative estimate of drug-likeness (QED) is 0.0876. The highest BCUT2D eigenvalue weighted by atomic mass is 32.1. The molecule has 0 spiro atoms. The topological polar surface area (TPSA) is 171 Å². The summed E-state index contributed by atoms with van der Waals surface area (Å²) in [6, 6.07) is 14.9. The van der Waals surface area contributed by atoms with E-state index in [9.17, 15) is 0 Å². The van der Waals surface area contributed by atoms with Gasteiger partial charge in [-0.25, -0.2) is 9.97 Å². The van der Waals surface area contributed by atoms with Crippen molar-refractivity contribution in [3.05, 3.63) is 165 Å². The van der Waals surface area contributed by atoms with Crippen LogP contribution in [-0.4, -0.2) is 65.1 Å². The number of fused-ring (bicyclic) bond motifs is 2. The minimum Gasteiger partial charge on any atom is -0.340 e. The standard InChI is InChI=1S/C31H32N6S.C23H21N7S.C2H6/c1-4-8-24(28-12-11-19(2)38-28)29-20(3)34-31(35-29)30-25-15-26(33-18-27(25)36-37-30)23-14-22(16-32-17-23)13-21-9-6-5-7-10-21;1-5-6-16(20-8-7-13(2)31-20)21-14(3)26-23(27-21)22-17-9-18(15-10-25-30(4)12-15)24-11-19(17)28-29-22;1-2/h4,8,11-12,14-18,21H,1,5-7,9-10,13H2,2-3H3,(H,34,35)(H,36,37);5-12H,1H2,2-4H3,(H,26,27)(H,28,29);1-2H3/b24-8-;16-6-;. The molecule has 1 aliphatic carbocycles. The van der Waals surface area contributed by atoms with Crippen molar-refractivity contribution in [2.24, 2.45) is 13.0 Å². The summed E-state index contributed by atoms with van der Waals surface area (Å²) in [7, 11) is 1.89. The molecule has 0 radical (unpaired) electrons. The SMILES string of the molecule is C=C/C=C(/c1ccc(C)s1)c1nc(-c2n[nH]c3cnc(-c4cncc(CC5CCCCC5)c4)cc23)[nH]c1C.C=C/C=C(/c1ccc(C)s1)c1nc(-c2n[nH]c3cnc(-c4cnn(C)c4)cc23)[nH]c1C.CC. The Labute approximate surface area is 422 Å². The molecule has 10 aromatic rings. The number of pyridine rings is 3. The van der Waals surface area contributed by atoms with E-state index in [4.69, 9.17) is 15.0 Å². The molecule has 1 saturated carbocycles. The molecule has 15 heteroatoms. The lowest BCUT2D eigenvalue weighted by Crippen LogP contribution is -2.09. The number of imidazole rings is 2. The molecule has 71 heavy (non-hydrogen) atoms. The van der Waals surface area contributed by atoms with Crippen molar-refractivity contribution in [1.82, 2.24) is 65.1 Å². The van der Waals surface area contributed by atoms with Crippen LogP contribution in [0, 0.1) is 33.6 Å². The molecule has 0 atom stereocenters. The van der Waals surface area contributed by atoms with E-state index in [1.54, 1.807) is 45.8 Å². The van der Waals surface area contributed by atoms with Crippen LogP contribution in [0.2, 0.25) is 0 Å². The number of hydrogen-bond acceptors (Lipinski definition) is 10. The van der Waals surface area contributed by atoms with Gasteiger partial charge >= 0.3 is 0 Å². The zero-order valence-electron chi connectivity index (χ0n) is 41.4. The van der Waals surface area contributed by atoms with Crippen molar-refractivity contribution in [2.75, 3.05) is 0 Å².